The lowest BCUT2D eigenvalue weighted by Crippen LogP contribution is -2.12. The summed E-state index contributed by atoms with van der Waals surface area (Å²) in [6.45, 7) is 2.17. The molecule has 0 aliphatic rings. The van der Waals surface area contributed by atoms with Gasteiger partial charge >= 0.3 is 0 Å². The molecule has 0 aliphatic carbocycles. The first-order valence-corrected chi connectivity index (χ1v) is 7.80. The summed E-state index contributed by atoms with van der Waals surface area (Å²) in [6, 6.07) is 14.3. The van der Waals surface area contributed by atoms with E-state index in [1.807, 2.05) is 18.2 Å². The predicted molar refractivity (Wildman–Crippen MR) is 88.4 cm³/mol. The summed E-state index contributed by atoms with van der Waals surface area (Å²) in [4.78, 5) is 11.9. The summed E-state index contributed by atoms with van der Waals surface area (Å²) < 4.78 is 13.1. The van der Waals surface area contributed by atoms with E-state index in [0.29, 0.717) is 12.8 Å². The van der Waals surface area contributed by atoms with Gasteiger partial charge in [-0.2, -0.15) is 0 Å². The molecule has 0 bridgehead atoms. The summed E-state index contributed by atoms with van der Waals surface area (Å²) in [7, 11) is 0. The van der Waals surface area contributed by atoms with E-state index < -0.39 is 0 Å². The van der Waals surface area contributed by atoms with Crippen LogP contribution < -0.4 is 5.32 Å². The number of rotatable bonds is 7. The van der Waals surface area contributed by atoms with Crippen molar-refractivity contribution in [3.8, 4) is 0 Å². The van der Waals surface area contributed by atoms with Gasteiger partial charge in [0, 0.05) is 12.1 Å². The van der Waals surface area contributed by atoms with Gasteiger partial charge in [-0.25, -0.2) is 4.39 Å². The van der Waals surface area contributed by atoms with Crippen LogP contribution in [0.15, 0.2) is 48.5 Å². The molecule has 0 saturated heterocycles. The highest BCUT2D eigenvalue weighted by Crippen LogP contribution is 2.13. The maximum atomic E-state index is 13.1. The number of nitrogens with one attached hydrogen (secondary N) is 1. The Hall–Kier alpha value is -2.16. The van der Waals surface area contributed by atoms with Crippen LogP contribution in [0, 0.1) is 5.82 Å². The van der Waals surface area contributed by atoms with Crippen molar-refractivity contribution >= 4 is 11.6 Å². The SMILES string of the molecule is CCCCc1ccc(NC(=O)CCc2cccc(F)c2)cc1. The molecular weight excluding hydrogens is 277 g/mol. The number of amides is 1. The van der Waals surface area contributed by atoms with E-state index in [2.05, 4.69) is 24.4 Å². The molecule has 0 aliphatic heterocycles. The Morgan fingerprint density at radius 3 is 2.50 bits per heavy atom. The average molecular weight is 299 g/mol. The Bertz CT molecular complexity index is 607. The van der Waals surface area contributed by atoms with Crippen LogP contribution in [-0.4, -0.2) is 5.91 Å². The van der Waals surface area contributed by atoms with E-state index in [1.165, 1.54) is 30.5 Å². The molecule has 1 N–H and O–H groups in total. The average Bonchev–Trinajstić information content (AvgIpc) is 2.52. The molecule has 1 amide bonds. The fourth-order valence-electron chi connectivity index (χ4n) is 2.31. The highest BCUT2D eigenvalue weighted by Gasteiger charge is 2.04. The van der Waals surface area contributed by atoms with E-state index in [1.54, 1.807) is 6.07 Å². The van der Waals surface area contributed by atoms with Crippen LogP contribution in [0.3, 0.4) is 0 Å². The van der Waals surface area contributed by atoms with Gasteiger partial charge in [-0.05, 0) is 54.7 Å². The Labute approximate surface area is 131 Å². The number of carbonyl (C=O) groups excluding carboxylic acids is 1. The number of halogens is 1. The summed E-state index contributed by atoms with van der Waals surface area (Å²) in [6.07, 6.45) is 4.32. The summed E-state index contributed by atoms with van der Waals surface area (Å²) >= 11 is 0. The van der Waals surface area contributed by atoms with Crippen LogP contribution in [-0.2, 0) is 17.6 Å². The van der Waals surface area contributed by atoms with E-state index in [9.17, 15) is 9.18 Å². The molecule has 2 aromatic carbocycles. The first-order valence-electron chi connectivity index (χ1n) is 7.80. The topological polar surface area (TPSA) is 29.1 Å². The fourth-order valence-corrected chi connectivity index (χ4v) is 2.31. The summed E-state index contributed by atoms with van der Waals surface area (Å²) in [5.74, 6) is -0.314. The largest absolute Gasteiger partial charge is 0.326 e. The summed E-state index contributed by atoms with van der Waals surface area (Å²) in [5.41, 5.74) is 2.94. The molecule has 2 nitrogen and oxygen atoms in total. The van der Waals surface area contributed by atoms with Crippen molar-refractivity contribution in [2.45, 2.75) is 39.0 Å². The third kappa shape index (κ3) is 5.32. The normalized spacial score (nSPS) is 10.5. The molecule has 0 spiro atoms. The molecule has 0 fully saturated rings. The van der Waals surface area contributed by atoms with Crippen molar-refractivity contribution in [1.29, 1.82) is 0 Å². The fraction of sp³-hybridized carbons (Fsp3) is 0.316. The van der Waals surface area contributed by atoms with Crippen molar-refractivity contribution in [3.05, 3.63) is 65.5 Å². The zero-order valence-corrected chi connectivity index (χ0v) is 12.9. The minimum absolute atomic E-state index is 0.0504. The number of aryl methyl sites for hydroxylation is 2. The monoisotopic (exact) mass is 299 g/mol. The first kappa shape index (κ1) is 16.2. The molecular formula is C19H22FNO. The van der Waals surface area contributed by atoms with Crippen LogP contribution in [0.2, 0.25) is 0 Å². The lowest BCUT2D eigenvalue weighted by atomic mass is 10.1. The van der Waals surface area contributed by atoms with E-state index >= 15 is 0 Å². The summed E-state index contributed by atoms with van der Waals surface area (Å²) in [5, 5.41) is 2.88. The number of unbranched alkanes of at least 4 members (excludes halogenated alkanes) is 1. The van der Waals surface area contributed by atoms with Gasteiger partial charge in [0.05, 0.1) is 0 Å². The third-order valence-electron chi connectivity index (χ3n) is 3.59. The quantitative estimate of drug-likeness (QED) is 0.786. The van der Waals surface area contributed by atoms with Gasteiger partial charge in [0.15, 0.2) is 0 Å². The number of benzene rings is 2. The number of anilines is 1. The van der Waals surface area contributed by atoms with E-state index in [-0.39, 0.29) is 11.7 Å². The molecule has 0 aromatic heterocycles. The van der Waals surface area contributed by atoms with Crippen LogP contribution in [0.1, 0.15) is 37.3 Å². The molecule has 0 radical (unpaired) electrons. The van der Waals surface area contributed by atoms with Crippen molar-refractivity contribution in [1.82, 2.24) is 0 Å². The lowest BCUT2D eigenvalue weighted by Gasteiger charge is -2.07. The van der Waals surface area contributed by atoms with Crippen molar-refractivity contribution < 1.29 is 9.18 Å². The van der Waals surface area contributed by atoms with Gasteiger partial charge in [-0.1, -0.05) is 37.6 Å². The van der Waals surface area contributed by atoms with E-state index in [0.717, 1.165) is 17.7 Å². The van der Waals surface area contributed by atoms with Crippen molar-refractivity contribution in [3.63, 3.8) is 0 Å². The first-order chi connectivity index (χ1) is 10.7. The minimum atomic E-state index is -0.263. The van der Waals surface area contributed by atoms with Gasteiger partial charge in [0.25, 0.3) is 0 Å². The molecule has 116 valence electrons. The number of carbonyl (C=O) groups is 1. The Morgan fingerprint density at radius 2 is 1.82 bits per heavy atom. The maximum absolute atomic E-state index is 13.1. The Balaban J connectivity index is 1.81. The van der Waals surface area contributed by atoms with Crippen LogP contribution in [0.25, 0.3) is 0 Å². The third-order valence-corrected chi connectivity index (χ3v) is 3.59. The van der Waals surface area contributed by atoms with Crippen molar-refractivity contribution in [2.24, 2.45) is 0 Å². The molecule has 2 rings (SSSR count). The predicted octanol–water partition coefficient (Wildman–Crippen LogP) is 4.74. The highest BCUT2D eigenvalue weighted by atomic mass is 19.1. The molecule has 0 atom stereocenters. The molecule has 0 saturated carbocycles. The molecule has 2 aromatic rings. The Morgan fingerprint density at radius 1 is 1.05 bits per heavy atom. The minimum Gasteiger partial charge on any atom is -0.326 e. The van der Waals surface area contributed by atoms with Gasteiger partial charge in [0.1, 0.15) is 5.82 Å². The zero-order valence-electron chi connectivity index (χ0n) is 12.9. The van der Waals surface area contributed by atoms with Crippen LogP contribution in [0.4, 0.5) is 10.1 Å². The van der Waals surface area contributed by atoms with Crippen LogP contribution >= 0.6 is 0 Å². The van der Waals surface area contributed by atoms with Gasteiger partial charge in [0.2, 0.25) is 5.91 Å². The lowest BCUT2D eigenvalue weighted by molar-refractivity contribution is -0.116. The maximum Gasteiger partial charge on any atom is 0.224 e. The molecule has 0 unspecified atom stereocenters. The van der Waals surface area contributed by atoms with Crippen LogP contribution in [0.5, 0.6) is 0 Å². The van der Waals surface area contributed by atoms with Gasteiger partial charge < -0.3 is 5.32 Å². The molecule has 3 heteroatoms. The second-order valence-corrected chi connectivity index (χ2v) is 5.48. The van der Waals surface area contributed by atoms with Crippen molar-refractivity contribution in [2.75, 3.05) is 5.32 Å². The zero-order chi connectivity index (χ0) is 15.8. The second-order valence-electron chi connectivity index (χ2n) is 5.48. The number of hydrogen-bond acceptors (Lipinski definition) is 1. The second kappa shape index (κ2) is 8.32. The molecule has 22 heavy (non-hydrogen) atoms. The van der Waals surface area contributed by atoms with E-state index in [4.69, 9.17) is 0 Å². The standard InChI is InChI=1S/C19H22FNO/c1-2-3-5-15-8-11-18(12-9-15)21-19(22)13-10-16-6-4-7-17(20)14-16/h4,6-9,11-12,14H,2-3,5,10,13H2,1H3,(H,21,22). The highest BCUT2D eigenvalue weighted by molar-refractivity contribution is 5.90. The smallest absolute Gasteiger partial charge is 0.224 e. The molecule has 0 heterocycles. The van der Waals surface area contributed by atoms with Gasteiger partial charge in [-0.15, -0.1) is 0 Å². The van der Waals surface area contributed by atoms with Gasteiger partial charge in [-0.3, -0.25) is 4.79 Å². The number of hydrogen-bond donors (Lipinski definition) is 1. The Kier molecular flexibility index (Phi) is 6.13.